The maximum Gasteiger partial charge on any atom is 0.262 e. The van der Waals surface area contributed by atoms with Crippen LogP contribution in [0.4, 0.5) is 0 Å². The van der Waals surface area contributed by atoms with E-state index in [0.29, 0.717) is 11.9 Å². The molecule has 0 saturated carbocycles. The first-order chi connectivity index (χ1) is 8.65. The Kier molecular flexibility index (Phi) is 2.52. The van der Waals surface area contributed by atoms with E-state index in [4.69, 9.17) is 4.52 Å². The van der Waals surface area contributed by atoms with Gasteiger partial charge in [-0.2, -0.15) is 0 Å². The Hall–Kier alpha value is -1.95. The van der Waals surface area contributed by atoms with Gasteiger partial charge in [0.05, 0.1) is 18.3 Å². The number of hydrogen-bond donors (Lipinski definition) is 0. The minimum atomic E-state index is -0.0283. The summed E-state index contributed by atoms with van der Waals surface area (Å²) in [5.41, 5.74) is 1.67. The quantitative estimate of drug-likeness (QED) is 0.709. The fourth-order valence-corrected chi connectivity index (χ4v) is 2.76. The number of aryl methyl sites for hydroxylation is 2. The van der Waals surface area contributed by atoms with Crippen LogP contribution in [0.2, 0.25) is 0 Å². The van der Waals surface area contributed by atoms with Crippen LogP contribution in [0.5, 0.6) is 0 Å². The second-order valence-corrected chi connectivity index (χ2v) is 5.06. The Balaban J connectivity index is 2.10. The highest BCUT2D eigenvalue weighted by Crippen LogP contribution is 2.19. The third kappa shape index (κ3) is 1.74. The Bertz CT molecular complexity index is 769. The van der Waals surface area contributed by atoms with Crippen molar-refractivity contribution in [1.82, 2.24) is 14.7 Å². The fourth-order valence-electron chi connectivity index (χ4n) is 1.88. The normalized spacial score (nSPS) is 11.2. The van der Waals surface area contributed by atoms with Crippen molar-refractivity contribution >= 4 is 21.6 Å². The molecule has 3 aromatic heterocycles. The van der Waals surface area contributed by atoms with Crippen LogP contribution in [0.1, 0.15) is 17.0 Å². The smallest absolute Gasteiger partial charge is 0.262 e. The molecule has 5 nitrogen and oxygen atoms in total. The van der Waals surface area contributed by atoms with Gasteiger partial charge in [-0.15, -0.1) is 11.3 Å². The summed E-state index contributed by atoms with van der Waals surface area (Å²) in [6.07, 6.45) is 1.56. The monoisotopic (exact) mass is 261 g/mol. The van der Waals surface area contributed by atoms with Crippen LogP contribution in [0.25, 0.3) is 10.2 Å². The van der Waals surface area contributed by atoms with Gasteiger partial charge in [-0.25, -0.2) is 4.98 Å². The molecule has 0 bridgehead atoms. The molecule has 0 spiro atoms. The molecule has 3 heterocycles. The summed E-state index contributed by atoms with van der Waals surface area (Å²) in [4.78, 5) is 17.4. The fraction of sp³-hybridized carbons (Fsp3) is 0.250. The molecule has 0 aliphatic heterocycles. The lowest BCUT2D eigenvalue weighted by Crippen LogP contribution is -2.21. The molecule has 3 rings (SSSR count). The second-order valence-electron chi connectivity index (χ2n) is 4.21. The number of fused-ring (bicyclic) bond motifs is 1. The van der Waals surface area contributed by atoms with E-state index < -0.39 is 0 Å². The number of thiophene rings is 1. The van der Waals surface area contributed by atoms with Crippen molar-refractivity contribution < 1.29 is 4.52 Å². The van der Waals surface area contributed by atoms with Crippen molar-refractivity contribution in [1.29, 1.82) is 0 Å². The molecule has 0 fully saturated rings. The van der Waals surface area contributed by atoms with Crippen LogP contribution in [0.3, 0.4) is 0 Å². The van der Waals surface area contributed by atoms with Gasteiger partial charge in [-0.3, -0.25) is 9.36 Å². The summed E-state index contributed by atoms with van der Waals surface area (Å²) in [6.45, 7) is 4.13. The third-order valence-electron chi connectivity index (χ3n) is 2.75. The van der Waals surface area contributed by atoms with Gasteiger partial charge in [0.1, 0.15) is 16.3 Å². The standard InChI is InChI=1S/C12H11N3O2S/c1-7-5-18-11-10(7)12(16)15(6-13-11)4-9-3-8(2)17-14-9/h3,5-6H,4H2,1-2H3. The number of rotatable bonds is 2. The largest absolute Gasteiger partial charge is 0.361 e. The van der Waals surface area contributed by atoms with E-state index in [1.165, 1.54) is 11.3 Å². The van der Waals surface area contributed by atoms with Crippen LogP contribution in [0, 0.1) is 13.8 Å². The zero-order valence-electron chi connectivity index (χ0n) is 10.0. The zero-order valence-corrected chi connectivity index (χ0v) is 10.8. The van der Waals surface area contributed by atoms with E-state index in [0.717, 1.165) is 21.8 Å². The average molecular weight is 261 g/mol. The lowest BCUT2D eigenvalue weighted by Gasteiger charge is -2.02. The molecule has 0 aromatic carbocycles. The van der Waals surface area contributed by atoms with E-state index in [2.05, 4.69) is 10.1 Å². The van der Waals surface area contributed by atoms with Crippen molar-refractivity contribution in [2.75, 3.05) is 0 Å². The van der Waals surface area contributed by atoms with Crippen LogP contribution in [-0.4, -0.2) is 14.7 Å². The van der Waals surface area contributed by atoms with Gasteiger partial charge >= 0.3 is 0 Å². The van der Waals surface area contributed by atoms with Crippen molar-refractivity contribution in [3.8, 4) is 0 Å². The van der Waals surface area contributed by atoms with Gasteiger partial charge < -0.3 is 4.52 Å². The first kappa shape index (κ1) is 11.2. The predicted molar refractivity (Wildman–Crippen MR) is 69.0 cm³/mol. The van der Waals surface area contributed by atoms with E-state index in [9.17, 15) is 4.79 Å². The van der Waals surface area contributed by atoms with Crippen LogP contribution < -0.4 is 5.56 Å². The highest BCUT2D eigenvalue weighted by Gasteiger charge is 2.10. The molecule has 0 saturated heterocycles. The van der Waals surface area contributed by atoms with Gasteiger partial charge in [0.15, 0.2) is 0 Å². The number of nitrogens with zero attached hydrogens (tertiary/aromatic N) is 3. The average Bonchev–Trinajstić information content (AvgIpc) is 2.90. The van der Waals surface area contributed by atoms with Gasteiger partial charge in [0, 0.05) is 6.07 Å². The zero-order chi connectivity index (χ0) is 12.7. The Morgan fingerprint density at radius 3 is 3.00 bits per heavy atom. The van der Waals surface area contributed by atoms with Gasteiger partial charge in [-0.1, -0.05) is 5.16 Å². The maximum absolute atomic E-state index is 12.3. The molecule has 0 radical (unpaired) electrons. The van der Waals surface area contributed by atoms with Crippen LogP contribution in [-0.2, 0) is 6.54 Å². The Morgan fingerprint density at radius 2 is 2.28 bits per heavy atom. The summed E-state index contributed by atoms with van der Waals surface area (Å²) >= 11 is 1.49. The Morgan fingerprint density at radius 1 is 1.44 bits per heavy atom. The summed E-state index contributed by atoms with van der Waals surface area (Å²) in [5.74, 6) is 0.735. The van der Waals surface area contributed by atoms with E-state index in [-0.39, 0.29) is 5.56 Å². The molecule has 0 aliphatic carbocycles. The molecule has 0 amide bonds. The van der Waals surface area contributed by atoms with E-state index in [1.54, 1.807) is 10.9 Å². The molecule has 0 aliphatic rings. The first-order valence-corrected chi connectivity index (χ1v) is 6.38. The number of aromatic nitrogens is 3. The first-order valence-electron chi connectivity index (χ1n) is 5.50. The third-order valence-corrected chi connectivity index (χ3v) is 3.76. The summed E-state index contributed by atoms with van der Waals surface area (Å²) in [7, 11) is 0. The minimum absolute atomic E-state index is 0.0283. The summed E-state index contributed by atoms with van der Waals surface area (Å²) in [6, 6.07) is 1.82. The highest BCUT2D eigenvalue weighted by molar-refractivity contribution is 7.16. The van der Waals surface area contributed by atoms with E-state index in [1.807, 2.05) is 25.3 Å². The molecule has 92 valence electrons. The van der Waals surface area contributed by atoms with Gasteiger partial charge in [-0.05, 0) is 24.8 Å². The Labute approximate surface area is 107 Å². The predicted octanol–water partition coefficient (Wildman–Crippen LogP) is 2.11. The topological polar surface area (TPSA) is 60.9 Å². The van der Waals surface area contributed by atoms with Crippen LogP contribution in [0.15, 0.2) is 27.1 Å². The van der Waals surface area contributed by atoms with Crippen molar-refractivity contribution in [3.05, 3.63) is 45.1 Å². The number of hydrogen-bond acceptors (Lipinski definition) is 5. The summed E-state index contributed by atoms with van der Waals surface area (Å²) < 4.78 is 6.54. The van der Waals surface area contributed by atoms with Crippen LogP contribution >= 0.6 is 11.3 Å². The SMILES string of the molecule is Cc1cc(Cn2cnc3scc(C)c3c2=O)no1. The molecular weight excluding hydrogens is 250 g/mol. The minimum Gasteiger partial charge on any atom is -0.361 e. The second kappa shape index (κ2) is 4.06. The van der Waals surface area contributed by atoms with Crippen molar-refractivity contribution in [2.45, 2.75) is 20.4 Å². The molecule has 3 aromatic rings. The molecule has 0 N–H and O–H groups in total. The summed E-state index contributed by atoms with van der Waals surface area (Å²) in [5, 5.41) is 6.53. The van der Waals surface area contributed by atoms with Gasteiger partial charge in [0.2, 0.25) is 0 Å². The highest BCUT2D eigenvalue weighted by atomic mass is 32.1. The van der Waals surface area contributed by atoms with Crippen molar-refractivity contribution in [3.63, 3.8) is 0 Å². The maximum atomic E-state index is 12.3. The molecule has 18 heavy (non-hydrogen) atoms. The molecule has 0 atom stereocenters. The van der Waals surface area contributed by atoms with Crippen molar-refractivity contribution in [2.24, 2.45) is 0 Å². The molecule has 0 unspecified atom stereocenters. The lowest BCUT2D eigenvalue weighted by molar-refractivity contribution is 0.388. The lowest BCUT2D eigenvalue weighted by atomic mass is 10.3. The molecular formula is C12H11N3O2S. The molecule has 6 heteroatoms. The van der Waals surface area contributed by atoms with E-state index >= 15 is 0 Å². The van der Waals surface area contributed by atoms with Gasteiger partial charge in [0.25, 0.3) is 5.56 Å².